The van der Waals surface area contributed by atoms with Crippen LogP contribution in [-0.2, 0) is 4.74 Å². The molecule has 1 aromatic heterocycles. The SMILES string of the molecule is CCOC(=O)c1cc2cc(Sc3ccc(N)cc3)ccc2[nH]1.Cl. The molecule has 4 nitrogen and oxygen atoms in total. The molecule has 23 heavy (non-hydrogen) atoms. The molecule has 0 unspecified atom stereocenters. The molecule has 0 aliphatic rings. The zero-order valence-electron chi connectivity index (χ0n) is 12.5. The highest BCUT2D eigenvalue weighted by molar-refractivity contribution is 7.99. The van der Waals surface area contributed by atoms with Gasteiger partial charge in [-0.1, -0.05) is 11.8 Å². The van der Waals surface area contributed by atoms with Crippen molar-refractivity contribution in [2.45, 2.75) is 16.7 Å². The van der Waals surface area contributed by atoms with E-state index < -0.39 is 0 Å². The Bertz CT molecular complexity index is 815. The van der Waals surface area contributed by atoms with Crippen molar-refractivity contribution in [2.75, 3.05) is 12.3 Å². The van der Waals surface area contributed by atoms with Gasteiger partial charge >= 0.3 is 5.97 Å². The first kappa shape index (κ1) is 17.2. The highest BCUT2D eigenvalue weighted by atomic mass is 35.5. The van der Waals surface area contributed by atoms with Crippen LogP contribution in [0.4, 0.5) is 5.69 Å². The lowest BCUT2D eigenvalue weighted by Crippen LogP contribution is -2.04. The van der Waals surface area contributed by atoms with E-state index in [2.05, 4.69) is 11.1 Å². The van der Waals surface area contributed by atoms with Gasteiger partial charge in [0.25, 0.3) is 0 Å². The number of hydrogen-bond acceptors (Lipinski definition) is 4. The standard InChI is InChI=1S/C17H16N2O2S.ClH/c1-2-21-17(20)16-10-11-9-14(7-8-15(11)19-16)22-13-5-3-12(18)4-6-13;/h3-10,19H,2,18H2,1H3;1H. The minimum Gasteiger partial charge on any atom is -0.461 e. The fourth-order valence-electron chi connectivity index (χ4n) is 2.16. The first-order valence-corrected chi connectivity index (χ1v) is 7.80. The van der Waals surface area contributed by atoms with Crippen LogP contribution >= 0.6 is 24.2 Å². The summed E-state index contributed by atoms with van der Waals surface area (Å²) in [7, 11) is 0. The van der Waals surface area contributed by atoms with Gasteiger partial charge in [0.05, 0.1) is 6.61 Å². The van der Waals surface area contributed by atoms with Gasteiger partial charge < -0.3 is 15.5 Å². The molecule has 0 aliphatic heterocycles. The Hall–Kier alpha value is -2.11. The molecule has 0 fully saturated rings. The zero-order valence-corrected chi connectivity index (χ0v) is 14.2. The number of benzene rings is 2. The van der Waals surface area contributed by atoms with Gasteiger partial charge in [-0.2, -0.15) is 0 Å². The molecule has 0 aliphatic carbocycles. The number of aromatic amines is 1. The molecule has 6 heteroatoms. The normalized spacial score (nSPS) is 10.3. The highest BCUT2D eigenvalue weighted by Crippen LogP contribution is 2.30. The summed E-state index contributed by atoms with van der Waals surface area (Å²) in [5.41, 5.74) is 7.85. The summed E-state index contributed by atoms with van der Waals surface area (Å²) >= 11 is 1.65. The van der Waals surface area contributed by atoms with E-state index in [0.717, 1.165) is 26.4 Å². The second kappa shape index (κ2) is 7.44. The number of anilines is 1. The van der Waals surface area contributed by atoms with Crippen molar-refractivity contribution in [1.82, 2.24) is 4.98 Å². The number of nitrogens with one attached hydrogen (secondary N) is 1. The van der Waals surface area contributed by atoms with Gasteiger partial charge in [-0.15, -0.1) is 12.4 Å². The van der Waals surface area contributed by atoms with Gasteiger partial charge in [0.1, 0.15) is 5.69 Å². The smallest absolute Gasteiger partial charge is 0.354 e. The first-order chi connectivity index (χ1) is 10.7. The predicted molar refractivity (Wildman–Crippen MR) is 96.5 cm³/mol. The predicted octanol–water partition coefficient (Wildman–Crippen LogP) is 4.50. The van der Waals surface area contributed by atoms with Gasteiger partial charge in [-0.3, -0.25) is 0 Å². The van der Waals surface area contributed by atoms with Crippen molar-refractivity contribution in [3.63, 3.8) is 0 Å². The van der Waals surface area contributed by atoms with E-state index >= 15 is 0 Å². The third kappa shape index (κ3) is 4.00. The molecule has 120 valence electrons. The molecule has 0 radical (unpaired) electrons. The van der Waals surface area contributed by atoms with Crippen LogP contribution in [0.3, 0.4) is 0 Å². The number of rotatable bonds is 4. The molecule has 3 aromatic rings. The number of H-pyrrole nitrogens is 1. The maximum atomic E-state index is 11.8. The molecule has 3 N–H and O–H groups in total. The van der Waals surface area contributed by atoms with E-state index in [1.54, 1.807) is 18.7 Å². The second-order valence-electron chi connectivity index (χ2n) is 4.82. The number of aromatic nitrogens is 1. The summed E-state index contributed by atoms with van der Waals surface area (Å²) in [4.78, 5) is 17.1. The van der Waals surface area contributed by atoms with E-state index in [0.29, 0.717) is 12.3 Å². The summed E-state index contributed by atoms with van der Waals surface area (Å²) in [5.74, 6) is -0.327. The molecule has 0 saturated heterocycles. The van der Waals surface area contributed by atoms with E-state index in [4.69, 9.17) is 10.5 Å². The van der Waals surface area contributed by atoms with Gasteiger partial charge in [0.2, 0.25) is 0 Å². The number of carbonyl (C=O) groups excluding carboxylic acids is 1. The van der Waals surface area contributed by atoms with Crippen LogP contribution in [0, 0.1) is 0 Å². The monoisotopic (exact) mass is 348 g/mol. The maximum Gasteiger partial charge on any atom is 0.354 e. The zero-order chi connectivity index (χ0) is 15.5. The highest BCUT2D eigenvalue weighted by Gasteiger charge is 2.10. The molecule has 0 amide bonds. The number of hydrogen-bond donors (Lipinski definition) is 2. The number of ether oxygens (including phenoxy) is 1. The Kier molecular flexibility index (Phi) is 5.58. The number of nitrogen functional groups attached to an aromatic ring is 1. The molecule has 1 heterocycles. The van der Waals surface area contributed by atoms with Crippen molar-refractivity contribution in [1.29, 1.82) is 0 Å². The molecule has 0 atom stereocenters. The number of esters is 1. The topological polar surface area (TPSA) is 68.1 Å². The summed E-state index contributed by atoms with van der Waals surface area (Å²) in [6.45, 7) is 2.16. The van der Waals surface area contributed by atoms with Crippen LogP contribution in [0.5, 0.6) is 0 Å². The first-order valence-electron chi connectivity index (χ1n) is 6.99. The Morgan fingerprint density at radius 1 is 1.13 bits per heavy atom. The molecule has 0 bridgehead atoms. The quantitative estimate of drug-likeness (QED) is 0.538. The van der Waals surface area contributed by atoms with E-state index in [1.807, 2.05) is 42.5 Å². The summed E-state index contributed by atoms with van der Waals surface area (Å²) in [6.07, 6.45) is 0. The van der Waals surface area contributed by atoms with Crippen molar-refractivity contribution in [2.24, 2.45) is 0 Å². The molecule has 2 aromatic carbocycles. The van der Waals surface area contributed by atoms with Crippen molar-refractivity contribution >= 4 is 46.7 Å². The van der Waals surface area contributed by atoms with Crippen LogP contribution in [0.25, 0.3) is 10.9 Å². The largest absolute Gasteiger partial charge is 0.461 e. The van der Waals surface area contributed by atoms with Gasteiger partial charge in [-0.25, -0.2) is 4.79 Å². The van der Waals surface area contributed by atoms with Gasteiger partial charge in [0, 0.05) is 26.4 Å². The van der Waals surface area contributed by atoms with Crippen molar-refractivity contribution in [3.8, 4) is 0 Å². The third-order valence-electron chi connectivity index (χ3n) is 3.20. The molecule has 3 rings (SSSR count). The van der Waals surface area contributed by atoms with Gasteiger partial charge in [0.15, 0.2) is 0 Å². The number of carbonyl (C=O) groups is 1. The molecule has 0 spiro atoms. The van der Waals surface area contributed by atoms with E-state index in [9.17, 15) is 4.79 Å². The van der Waals surface area contributed by atoms with Crippen LogP contribution in [0.1, 0.15) is 17.4 Å². The van der Waals surface area contributed by atoms with Crippen molar-refractivity contribution < 1.29 is 9.53 Å². The molecular formula is C17H17ClN2O2S. The number of nitrogens with two attached hydrogens (primary N) is 1. The minimum atomic E-state index is -0.327. The second-order valence-corrected chi connectivity index (χ2v) is 5.97. The Labute approximate surface area is 144 Å². The van der Waals surface area contributed by atoms with Crippen LogP contribution in [0.15, 0.2) is 58.3 Å². The van der Waals surface area contributed by atoms with E-state index in [-0.39, 0.29) is 18.4 Å². The van der Waals surface area contributed by atoms with Crippen LogP contribution in [-0.4, -0.2) is 17.6 Å². The minimum absolute atomic E-state index is 0. The lowest BCUT2D eigenvalue weighted by molar-refractivity contribution is 0.0520. The lowest BCUT2D eigenvalue weighted by atomic mass is 10.2. The number of fused-ring (bicyclic) bond motifs is 1. The Morgan fingerprint density at radius 3 is 2.52 bits per heavy atom. The lowest BCUT2D eigenvalue weighted by Gasteiger charge is -2.02. The summed E-state index contributed by atoms with van der Waals surface area (Å²) < 4.78 is 5.01. The molecular weight excluding hydrogens is 332 g/mol. The average molecular weight is 349 g/mol. The molecule has 0 saturated carbocycles. The number of halogens is 1. The summed E-state index contributed by atoms with van der Waals surface area (Å²) in [5, 5.41) is 0.989. The Morgan fingerprint density at radius 2 is 1.83 bits per heavy atom. The van der Waals surface area contributed by atoms with Crippen LogP contribution in [0.2, 0.25) is 0 Å². The van der Waals surface area contributed by atoms with Gasteiger partial charge in [-0.05, 0) is 55.5 Å². The Balaban J connectivity index is 0.00000192. The maximum absolute atomic E-state index is 11.8. The van der Waals surface area contributed by atoms with Crippen molar-refractivity contribution in [3.05, 3.63) is 54.2 Å². The van der Waals surface area contributed by atoms with E-state index in [1.165, 1.54) is 0 Å². The van der Waals surface area contributed by atoms with Crippen LogP contribution < -0.4 is 5.73 Å². The fourth-order valence-corrected chi connectivity index (χ4v) is 3.03. The average Bonchev–Trinajstić information content (AvgIpc) is 2.93. The fraction of sp³-hybridized carbons (Fsp3) is 0.118. The summed E-state index contributed by atoms with van der Waals surface area (Å²) in [6, 6.07) is 15.6. The third-order valence-corrected chi connectivity index (χ3v) is 4.20.